The molecule has 0 aliphatic rings. The SMILES string of the molecule is CC(=O)C(C(C)=O)[C@@H](C[N+](=O)[O-])c1ccccc1. The minimum absolute atomic E-state index is 0.335. The van der Waals surface area contributed by atoms with Crippen LogP contribution in [0.1, 0.15) is 25.3 Å². The molecule has 1 atom stereocenters. The van der Waals surface area contributed by atoms with Crippen LogP contribution in [0, 0.1) is 16.0 Å². The Hall–Kier alpha value is -2.04. The highest BCUT2D eigenvalue weighted by Crippen LogP contribution is 2.26. The lowest BCUT2D eigenvalue weighted by molar-refractivity contribution is -0.484. The molecule has 0 N–H and O–H groups in total. The Labute approximate surface area is 105 Å². The fourth-order valence-corrected chi connectivity index (χ4v) is 2.12. The molecule has 0 spiro atoms. The Morgan fingerprint density at radius 2 is 1.67 bits per heavy atom. The minimum atomic E-state index is -0.946. The minimum Gasteiger partial charge on any atom is -0.299 e. The Morgan fingerprint density at radius 1 is 1.17 bits per heavy atom. The van der Waals surface area contributed by atoms with Crippen LogP contribution in [-0.2, 0) is 9.59 Å². The molecule has 0 heterocycles. The summed E-state index contributed by atoms with van der Waals surface area (Å²) in [5.41, 5.74) is 0.643. The fraction of sp³-hybridized carbons (Fsp3) is 0.385. The van der Waals surface area contributed by atoms with Crippen LogP contribution in [0.4, 0.5) is 0 Å². The summed E-state index contributed by atoms with van der Waals surface area (Å²) in [6.45, 7) is 2.16. The lowest BCUT2D eigenvalue weighted by Gasteiger charge is -2.20. The number of hydrogen-bond acceptors (Lipinski definition) is 4. The summed E-state index contributed by atoms with van der Waals surface area (Å²) in [4.78, 5) is 33.3. The van der Waals surface area contributed by atoms with Crippen molar-refractivity contribution in [3.63, 3.8) is 0 Å². The van der Waals surface area contributed by atoms with Crippen LogP contribution in [0.5, 0.6) is 0 Å². The van der Waals surface area contributed by atoms with Gasteiger partial charge in [0.25, 0.3) is 0 Å². The first-order valence-corrected chi connectivity index (χ1v) is 5.61. The van der Waals surface area contributed by atoms with Crippen molar-refractivity contribution in [3.8, 4) is 0 Å². The zero-order valence-corrected chi connectivity index (χ0v) is 10.3. The average molecular weight is 249 g/mol. The van der Waals surface area contributed by atoms with Gasteiger partial charge in [0.2, 0.25) is 6.54 Å². The molecule has 0 fully saturated rings. The predicted molar refractivity (Wildman–Crippen MR) is 65.9 cm³/mol. The van der Waals surface area contributed by atoms with Crippen LogP contribution < -0.4 is 0 Å². The molecule has 0 aromatic heterocycles. The fourth-order valence-electron chi connectivity index (χ4n) is 2.12. The van der Waals surface area contributed by atoms with Crippen molar-refractivity contribution in [2.75, 3.05) is 6.54 Å². The molecular formula is C13H15NO4. The van der Waals surface area contributed by atoms with Crippen molar-refractivity contribution in [1.29, 1.82) is 0 Å². The molecule has 5 nitrogen and oxygen atoms in total. The van der Waals surface area contributed by atoms with Gasteiger partial charge in [-0.15, -0.1) is 0 Å². The number of Topliss-reactive ketones (excluding diaryl/α,β-unsaturated/α-hetero) is 2. The molecule has 18 heavy (non-hydrogen) atoms. The number of nitrogens with zero attached hydrogens (tertiary/aromatic N) is 1. The van der Waals surface area contributed by atoms with Gasteiger partial charge in [0, 0.05) is 4.92 Å². The van der Waals surface area contributed by atoms with Crippen molar-refractivity contribution in [2.45, 2.75) is 19.8 Å². The van der Waals surface area contributed by atoms with Gasteiger partial charge in [-0.1, -0.05) is 30.3 Å². The number of benzene rings is 1. The molecule has 0 aliphatic heterocycles. The molecule has 0 unspecified atom stereocenters. The number of carbonyl (C=O) groups excluding carboxylic acids is 2. The predicted octanol–water partition coefficient (Wildman–Crippen LogP) is 1.84. The second-order valence-electron chi connectivity index (χ2n) is 4.23. The summed E-state index contributed by atoms with van der Waals surface area (Å²) in [7, 11) is 0. The van der Waals surface area contributed by atoms with Crippen LogP contribution in [0.3, 0.4) is 0 Å². The van der Waals surface area contributed by atoms with Gasteiger partial charge in [-0.3, -0.25) is 19.7 Å². The molecule has 1 rings (SSSR count). The molecule has 0 radical (unpaired) electrons. The summed E-state index contributed by atoms with van der Waals surface area (Å²) in [6.07, 6.45) is 0. The summed E-state index contributed by atoms with van der Waals surface area (Å²) < 4.78 is 0. The van der Waals surface area contributed by atoms with Crippen molar-refractivity contribution < 1.29 is 14.5 Å². The van der Waals surface area contributed by atoms with Gasteiger partial charge in [0.05, 0.1) is 11.8 Å². The van der Waals surface area contributed by atoms with E-state index in [9.17, 15) is 19.7 Å². The molecule has 0 saturated heterocycles. The molecule has 0 bridgehead atoms. The Morgan fingerprint density at radius 3 is 2.06 bits per heavy atom. The molecule has 5 heteroatoms. The first kappa shape index (κ1) is 14.0. The van der Waals surface area contributed by atoms with E-state index in [4.69, 9.17) is 0 Å². The van der Waals surface area contributed by atoms with Crippen molar-refractivity contribution in [2.24, 2.45) is 5.92 Å². The zero-order chi connectivity index (χ0) is 13.7. The maximum atomic E-state index is 11.5. The van der Waals surface area contributed by atoms with E-state index in [1.54, 1.807) is 30.3 Å². The van der Waals surface area contributed by atoms with Gasteiger partial charge >= 0.3 is 0 Å². The summed E-state index contributed by atoms with van der Waals surface area (Å²) in [5, 5.41) is 10.7. The normalized spacial score (nSPS) is 12.2. The molecule has 0 saturated carbocycles. The molecule has 0 amide bonds. The standard InChI is InChI=1S/C13H15NO4/c1-9(15)13(10(2)16)12(8-14(17)18)11-6-4-3-5-7-11/h3-7,12-13H,8H2,1-2H3/t12-/m0/s1. The average Bonchev–Trinajstić information content (AvgIpc) is 2.27. The van der Waals surface area contributed by atoms with Crippen molar-refractivity contribution in [3.05, 3.63) is 46.0 Å². The van der Waals surface area contributed by atoms with Crippen LogP contribution in [-0.4, -0.2) is 23.0 Å². The Kier molecular flexibility index (Phi) is 4.71. The van der Waals surface area contributed by atoms with E-state index in [0.29, 0.717) is 5.56 Å². The summed E-state index contributed by atoms with van der Waals surface area (Å²) in [6, 6.07) is 8.66. The van der Waals surface area contributed by atoms with E-state index in [1.165, 1.54) is 13.8 Å². The van der Waals surface area contributed by atoms with Crippen LogP contribution in [0.15, 0.2) is 30.3 Å². The number of hydrogen-bond donors (Lipinski definition) is 0. The van der Waals surface area contributed by atoms with Gasteiger partial charge in [0.15, 0.2) is 0 Å². The third-order valence-electron chi connectivity index (χ3n) is 2.85. The third-order valence-corrected chi connectivity index (χ3v) is 2.85. The number of ketones is 2. The Bertz CT molecular complexity index is 441. The maximum Gasteiger partial charge on any atom is 0.211 e. The second kappa shape index (κ2) is 6.05. The molecule has 1 aromatic carbocycles. The first-order valence-electron chi connectivity index (χ1n) is 5.61. The Balaban J connectivity index is 3.15. The van der Waals surface area contributed by atoms with Gasteiger partial charge < -0.3 is 0 Å². The van der Waals surface area contributed by atoms with Gasteiger partial charge in [-0.25, -0.2) is 0 Å². The lowest BCUT2D eigenvalue weighted by atomic mass is 9.81. The van der Waals surface area contributed by atoms with Crippen molar-refractivity contribution in [1.82, 2.24) is 0 Å². The van der Waals surface area contributed by atoms with Gasteiger partial charge in [-0.2, -0.15) is 0 Å². The molecular weight excluding hydrogens is 234 g/mol. The van der Waals surface area contributed by atoms with E-state index < -0.39 is 23.3 Å². The van der Waals surface area contributed by atoms with Crippen LogP contribution in [0.25, 0.3) is 0 Å². The second-order valence-corrected chi connectivity index (χ2v) is 4.23. The van der Waals surface area contributed by atoms with E-state index in [1.807, 2.05) is 0 Å². The van der Waals surface area contributed by atoms with Gasteiger partial charge in [-0.05, 0) is 19.4 Å². The third kappa shape index (κ3) is 3.48. The molecule has 1 aromatic rings. The topological polar surface area (TPSA) is 77.3 Å². The van der Waals surface area contributed by atoms with Crippen LogP contribution in [0.2, 0.25) is 0 Å². The first-order chi connectivity index (χ1) is 8.43. The highest BCUT2D eigenvalue weighted by molar-refractivity contribution is 6.01. The lowest BCUT2D eigenvalue weighted by Crippen LogP contribution is -2.31. The summed E-state index contributed by atoms with van der Waals surface area (Å²) in [5.74, 6) is -2.31. The number of rotatable bonds is 6. The highest BCUT2D eigenvalue weighted by atomic mass is 16.6. The smallest absolute Gasteiger partial charge is 0.211 e. The largest absolute Gasteiger partial charge is 0.299 e. The van der Waals surface area contributed by atoms with E-state index in [0.717, 1.165) is 0 Å². The monoisotopic (exact) mass is 249 g/mol. The highest BCUT2D eigenvalue weighted by Gasteiger charge is 2.34. The van der Waals surface area contributed by atoms with Gasteiger partial charge in [0.1, 0.15) is 11.6 Å². The number of nitro groups is 1. The van der Waals surface area contributed by atoms with E-state index in [2.05, 4.69) is 0 Å². The molecule has 0 aliphatic carbocycles. The number of carbonyl (C=O) groups is 2. The van der Waals surface area contributed by atoms with Crippen LogP contribution >= 0.6 is 0 Å². The van der Waals surface area contributed by atoms with E-state index >= 15 is 0 Å². The molecule has 96 valence electrons. The van der Waals surface area contributed by atoms with E-state index in [-0.39, 0.29) is 11.6 Å². The quantitative estimate of drug-likeness (QED) is 0.438. The zero-order valence-electron chi connectivity index (χ0n) is 10.3. The maximum absolute atomic E-state index is 11.5. The van der Waals surface area contributed by atoms with Crippen molar-refractivity contribution >= 4 is 11.6 Å². The summed E-state index contributed by atoms with van der Waals surface area (Å²) >= 11 is 0.